The van der Waals surface area contributed by atoms with Crippen molar-refractivity contribution < 1.29 is 14.7 Å². The first kappa shape index (κ1) is 15.3. The number of carboxylic acids is 1. The summed E-state index contributed by atoms with van der Waals surface area (Å²) in [5.74, 6) is -0.322. The smallest absolute Gasteiger partial charge is 0.309 e. The highest BCUT2D eigenvalue weighted by Crippen LogP contribution is 2.44. The van der Waals surface area contributed by atoms with Crippen molar-refractivity contribution in [2.45, 2.75) is 59.3 Å². The van der Waals surface area contributed by atoms with Crippen molar-refractivity contribution in [1.82, 2.24) is 4.90 Å². The van der Waals surface area contributed by atoms with Crippen LogP contribution in [0.5, 0.6) is 0 Å². The van der Waals surface area contributed by atoms with Gasteiger partial charge in [-0.15, -0.1) is 0 Å². The second-order valence-electron chi connectivity index (χ2n) is 7.20. The highest BCUT2D eigenvalue weighted by molar-refractivity contribution is 5.81. The molecule has 0 radical (unpaired) electrons. The van der Waals surface area contributed by atoms with Crippen LogP contribution in [-0.2, 0) is 9.59 Å². The van der Waals surface area contributed by atoms with Crippen LogP contribution in [0.1, 0.15) is 59.3 Å². The highest BCUT2D eigenvalue weighted by atomic mass is 16.4. The van der Waals surface area contributed by atoms with Crippen LogP contribution < -0.4 is 0 Å². The minimum atomic E-state index is -0.701. The van der Waals surface area contributed by atoms with Crippen molar-refractivity contribution >= 4 is 11.9 Å². The summed E-state index contributed by atoms with van der Waals surface area (Å²) in [5, 5.41) is 9.40. The van der Waals surface area contributed by atoms with Gasteiger partial charge < -0.3 is 10.0 Å². The zero-order valence-corrected chi connectivity index (χ0v) is 12.9. The van der Waals surface area contributed by atoms with E-state index in [2.05, 4.69) is 13.8 Å². The number of hydrogen-bond donors (Lipinski definition) is 1. The fourth-order valence-corrected chi connectivity index (χ4v) is 3.88. The maximum absolute atomic E-state index is 12.7. The van der Waals surface area contributed by atoms with E-state index in [1.807, 2.05) is 11.8 Å². The second-order valence-corrected chi connectivity index (χ2v) is 7.20. The topological polar surface area (TPSA) is 57.6 Å². The van der Waals surface area contributed by atoms with Crippen molar-refractivity contribution in [3.8, 4) is 0 Å². The number of carboxylic acid groups (broad SMARTS) is 1. The van der Waals surface area contributed by atoms with E-state index >= 15 is 0 Å². The molecule has 1 atom stereocenters. The molecule has 2 rings (SSSR count). The molecule has 2 fully saturated rings. The third-order valence-electron chi connectivity index (χ3n) is 5.72. The third kappa shape index (κ3) is 2.57. The monoisotopic (exact) mass is 281 g/mol. The van der Waals surface area contributed by atoms with Gasteiger partial charge in [-0.2, -0.15) is 0 Å². The predicted octanol–water partition coefficient (Wildman–Crippen LogP) is 2.92. The molecule has 0 aromatic carbocycles. The van der Waals surface area contributed by atoms with Crippen molar-refractivity contribution in [3.63, 3.8) is 0 Å². The summed E-state index contributed by atoms with van der Waals surface area (Å²) in [6.07, 6.45) is 5.07. The van der Waals surface area contributed by atoms with Crippen LogP contribution >= 0.6 is 0 Å². The molecule has 0 aromatic rings. The lowest BCUT2D eigenvalue weighted by molar-refractivity contribution is -0.156. The molecule has 0 aromatic heterocycles. The number of carbonyl (C=O) groups is 2. The van der Waals surface area contributed by atoms with Crippen LogP contribution in [0.2, 0.25) is 0 Å². The van der Waals surface area contributed by atoms with Crippen molar-refractivity contribution in [2.24, 2.45) is 16.7 Å². The third-order valence-corrected chi connectivity index (χ3v) is 5.72. The lowest BCUT2D eigenvalue weighted by Crippen LogP contribution is -2.49. The van der Waals surface area contributed by atoms with E-state index in [0.717, 1.165) is 19.3 Å². The number of likely N-dealkylation sites (tertiary alicyclic amines) is 1. The Morgan fingerprint density at radius 3 is 2.20 bits per heavy atom. The van der Waals surface area contributed by atoms with E-state index in [-0.39, 0.29) is 17.2 Å². The second kappa shape index (κ2) is 5.38. The molecule has 1 heterocycles. The molecule has 1 amide bonds. The first-order valence-corrected chi connectivity index (χ1v) is 7.84. The molecule has 0 bridgehead atoms. The molecule has 0 spiro atoms. The lowest BCUT2D eigenvalue weighted by Gasteiger charge is -2.40. The van der Waals surface area contributed by atoms with E-state index in [0.29, 0.717) is 32.4 Å². The Balaban J connectivity index is 2.00. The molecule has 1 N–H and O–H groups in total. The summed E-state index contributed by atoms with van der Waals surface area (Å²) < 4.78 is 0. The fraction of sp³-hybridized carbons (Fsp3) is 0.875. The van der Waals surface area contributed by atoms with Gasteiger partial charge in [-0.1, -0.05) is 27.2 Å². The lowest BCUT2D eigenvalue weighted by atomic mass is 9.75. The first-order valence-electron chi connectivity index (χ1n) is 7.84. The van der Waals surface area contributed by atoms with Crippen molar-refractivity contribution in [1.29, 1.82) is 0 Å². The summed E-state index contributed by atoms with van der Waals surface area (Å²) in [4.78, 5) is 26.0. The van der Waals surface area contributed by atoms with E-state index < -0.39 is 11.4 Å². The van der Waals surface area contributed by atoms with Gasteiger partial charge in [0, 0.05) is 19.0 Å². The van der Waals surface area contributed by atoms with Crippen molar-refractivity contribution in [3.05, 3.63) is 0 Å². The molecular formula is C16H27NO3. The van der Waals surface area contributed by atoms with Gasteiger partial charge >= 0.3 is 5.97 Å². The number of nitrogens with zero attached hydrogens (tertiary/aromatic N) is 1. The zero-order valence-electron chi connectivity index (χ0n) is 12.9. The van der Waals surface area contributed by atoms with Gasteiger partial charge in [0.15, 0.2) is 0 Å². The Labute approximate surface area is 121 Å². The van der Waals surface area contributed by atoms with E-state index in [1.165, 1.54) is 0 Å². The molecule has 114 valence electrons. The van der Waals surface area contributed by atoms with Gasteiger partial charge in [0.1, 0.15) is 0 Å². The number of carbonyl (C=O) groups excluding carboxylic acids is 1. The maximum Gasteiger partial charge on any atom is 0.309 e. The average molecular weight is 281 g/mol. The first-order chi connectivity index (χ1) is 9.32. The van der Waals surface area contributed by atoms with Gasteiger partial charge in [0.05, 0.1) is 5.41 Å². The number of piperidine rings is 1. The average Bonchev–Trinajstić information content (AvgIpc) is 2.77. The summed E-state index contributed by atoms with van der Waals surface area (Å²) in [6, 6.07) is 0. The number of amides is 1. The summed E-state index contributed by atoms with van der Waals surface area (Å²) in [7, 11) is 0. The Morgan fingerprint density at radius 1 is 1.20 bits per heavy atom. The molecule has 1 unspecified atom stereocenters. The maximum atomic E-state index is 12.7. The molecule has 4 nitrogen and oxygen atoms in total. The van der Waals surface area contributed by atoms with E-state index in [4.69, 9.17) is 0 Å². The van der Waals surface area contributed by atoms with Gasteiger partial charge in [-0.25, -0.2) is 0 Å². The molecule has 1 saturated carbocycles. The summed E-state index contributed by atoms with van der Waals surface area (Å²) in [5.41, 5.74) is -0.509. The summed E-state index contributed by atoms with van der Waals surface area (Å²) in [6.45, 7) is 7.50. The Bertz CT molecular complexity index is 395. The summed E-state index contributed by atoms with van der Waals surface area (Å²) >= 11 is 0. The van der Waals surface area contributed by atoms with Gasteiger partial charge in [0.25, 0.3) is 0 Å². The van der Waals surface area contributed by atoms with Crippen molar-refractivity contribution in [2.75, 3.05) is 13.1 Å². The number of aliphatic carboxylic acids is 1. The van der Waals surface area contributed by atoms with Crippen LogP contribution in [0.4, 0.5) is 0 Å². The molecule has 20 heavy (non-hydrogen) atoms. The van der Waals surface area contributed by atoms with Gasteiger partial charge in [-0.05, 0) is 37.5 Å². The molecule has 1 aliphatic heterocycles. The largest absolute Gasteiger partial charge is 0.481 e. The van der Waals surface area contributed by atoms with Crippen LogP contribution in [0.3, 0.4) is 0 Å². The SMILES string of the molecule is CCC1(C(=O)O)CCN(C(=O)C2CCCC2(C)C)CC1. The number of rotatable bonds is 3. The molecule has 4 heteroatoms. The van der Waals surface area contributed by atoms with Crippen LogP contribution in [0, 0.1) is 16.7 Å². The zero-order chi connectivity index (χ0) is 15.0. The van der Waals surface area contributed by atoms with E-state index in [9.17, 15) is 14.7 Å². The Kier molecular flexibility index (Phi) is 4.12. The normalized spacial score (nSPS) is 28.4. The quantitative estimate of drug-likeness (QED) is 0.865. The molecule has 1 saturated heterocycles. The minimum absolute atomic E-state index is 0.100. The van der Waals surface area contributed by atoms with Gasteiger partial charge in [-0.3, -0.25) is 9.59 Å². The number of hydrogen-bond acceptors (Lipinski definition) is 2. The van der Waals surface area contributed by atoms with Crippen LogP contribution in [0.15, 0.2) is 0 Å². The molecule has 1 aliphatic carbocycles. The minimum Gasteiger partial charge on any atom is -0.481 e. The van der Waals surface area contributed by atoms with Gasteiger partial charge in [0.2, 0.25) is 5.91 Å². The van der Waals surface area contributed by atoms with Crippen LogP contribution in [-0.4, -0.2) is 35.0 Å². The Morgan fingerprint density at radius 2 is 1.80 bits per heavy atom. The standard InChI is InChI=1S/C16H27NO3/c1-4-16(14(19)20)8-10-17(11-9-16)13(18)12-6-5-7-15(12,2)3/h12H,4-11H2,1-3H3,(H,19,20). The Hall–Kier alpha value is -1.06. The predicted molar refractivity (Wildman–Crippen MR) is 77.3 cm³/mol. The fourth-order valence-electron chi connectivity index (χ4n) is 3.88. The highest BCUT2D eigenvalue weighted by Gasteiger charge is 2.45. The molecular weight excluding hydrogens is 254 g/mol. The van der Waals surface area contributed by atoms with E-state index in [1.54, 1.807) is 0 Å². The molecule has 2 aliphatic rings. The van der Waals surface area contributed by atoms with Crippen LogP contribution in [0.25, 0.3) is 0 Å².